The SMILES string of the molecule is Cc1cccc2c(=O)n(C3CCCN3)c(=O)n(C)c12. The van der Waals surface area contributed by atoms with Crippen LogP contribution in [-0.4, -0.2) is 15.7 Å². The maximum Gasteiger partial charge on any atom is 0.332 e. The van der Waals surface area contributed by atoms with E-state index in [0.717, 1.165) is 30.5 Å². The molecule has 1 aliphatic heterocycles. The Bertz CT molecular complexity index is 752. The van der Waals surface area contributed by atoms with Crippen molar-refractivity contribution in [1.29, 1.82) is 0 Å². The van der Waals surface area contributed by atoms with Gasteiger partial charge in [0.1, 0.15) is 0 Å². The number of benzene rings is 1. The van der Waals surface area contributed by atoms with Crippen LogP contribution in [0.4, 0.5) is 0 Å². The first kappa shape index (κ1) is 12.2. The van der Waals surface area contributed by atoms with Gasteiger partial charge in [0.15, 0.2) is 0 Å². The molecule has 5 nitrogen and oxygen atoms in total. The van der Waals surface area contributed by atoms with Crippen LogP contribution < -0.4 is 16.6 Å². The van der Waals surface area contributed by atoms with Crippen LogP contribution in [0.15, 0.2) is 27.8 Å². The quantitative estimate of drug-likeness (QED) is 0.827. The van der Waals surface area contributed by atoms with Crippen LogP contribution in [0.1, 0.15) is 24.6 Å². The fourth-order valence-corrected chi connectivity index (χ4v) is 2.91. The van der Waals surface area contributed by atoms with Crippen molar-refractivity contribution in [3.63, 3.8) is 0 Å². The number of aryl methyl sites for hydroxylation is 2. The van der Waals surface area contributed by atoms with Crippen molar-refractivity contribution in [2.75, 3.05) is 6.54 Å². The van der Waals surface area contributed by atoms with Crippen molar-refractivity contribution in [2.45, 2.75) is 25.9 Å². The molecule has 0 amide bonds. The summed E-state index contributed by atoms with van der Waals surface area (Å²) >= 11 is 0. The predicted molar refractivity (Wildman–Crippen MR) is 74.5 cm³/mol. The van der Waals surface area contributed by atoms with E-state index in [2.05, 4.69) is 5.32 Å². The molecule has 100 valence electrons. The Balaban J connectivity index is 2.42. The van der Waals surface area contributed by atoms with E-state index in [0.29, 0.717) is 5.39 Å². The van der Waals surface area contributed by atoms with Crippen molar-refractivity contribution in [2.24, 2.45) is 7.05 Å². The molecule has 0 aliphatic carbocycles. The van der Waals surface area contributed by atoms with Crippen LogP contribution in [-0.2, 0) is 7.05 Å². The highest BCUT2D eigenvalue weighted by Gasteiger charge is 2.22. The summed E-state index contributed by atoms with van der Waals surface area (Å²) in [7, 11) is 1.72. The molecule has 1 aliphatic rings. The minimum Gasteiger partial charge on any atom is -0.297 e. The largest absolute Gasteiger partial charge is 0.332 e. The van der Waals surface area contributed by atoms with Gasteiger partial charge < -0.3 is 0 Å². The third kappa shape index (κ3) is 1.73. The molecule has 5 heteroatoms. The Labute approximate surface area is 110 Å². The van der Waals surface area contributed by atoms with Gasteiger partial charge >= 0.3 is 5.69 Å². The molecule has 0 radical (unpaired) electrons. The average molecular weight is 259 g/mol. The molecule has 0 bridgehead atoms. The van der Waals surface area contributed by atoms with E-state index in [-0.39, 0.29) is 17.4 Å². The maximum atomic E-state index is 12.6. The standard InChI is InChI=1S/C14H17N3O2/c1-9-5-3-6-10-12(9)16(2)14(19)17(13(10)18)11-7-4-8-15-11/h3,5-6,11,15H,4,7-8H2,1-2H3. The van der Waals surface area contributed by atoms with Crippen LogP contribution in [0.25, 0.3) is 10.9 Å². The van der Waals surface area contributed by atoms with Crippen molar-refractivity contribution >= 4 is 10.9 Å². The Morgan fingerprint density at radius 2 is 2.11 bits per heavy atom. The van der Waals surface area contributed by atoms with Crippen molar-refractivity contribution < 1.29 is 0 Å². The molecule has 1 saturated heterocycles. The van der Waals surface area contributed by atoms with Crippen LogP contribution in [0.2, 0.25) is 0 Å². The number of aromatic nitrogens is 2. The predicted octanol–water partition coefficient (Wildman–Crippen LogP) is 0.891. The molecule has 1 aromatic heterocycles. The van der Waals surface area contributed by atoms with E-state index < -0.39 is 0 Å². The summed E-state index contributed by atoms with van der Waals surface area (Å²) in [6, 6.07) is 5.56. The molecule has 1 fully saturated rings. The van der Waals surface area contributed by atoms with Crippen molar-refractivity contribution in [3.05, 3.63) is 44.6 Å². The van der Waals surface area contributed by atoms with E-state index in [1.165, 1.54) is 4.57 Å². The Kier molecular flexibility index (Phi) is 2.78. The maximum absolute atomic E-state index is 12.6. The average Bonchev–Trinajstić information content (AvgIpc) is 2.90. The highest BCUT2D eigenvalue weighted by atomic mass is 16.2. The first-order valence-electron chi connectivity index (χ1n) is 6.55. The molecule has 1 aromatic carbocycles. The Hall–Kier alpha value is -1.88. The number of hydrogen-bond donors (Lipinski definition) is 1. The normalized spacial score (nSPS) is 19.2. The van der Waals surface area contributed by atoms with Crippen LogP contribution in [0.5, 0.6) is 0 Å². The molecule has 19 heavy (non-hydrogen) atoms. The van der Waals surface area contributed by atoms with Gasteiger partial charge in [-0.05, 0) is 37.9 Å². The molecule has 0 spiro atoms. The fourth-order valence-electron chi connectivity index (χ4n) is 2.91. The molecule has 1 unspecified atom stereocenters. The smallest absolute Gasteiger partial charge is 0.297 e. The summed E-state index contributed by atoms with van der Waals surface area (Å²) in [5.41, 5.74) is 1.24. The highest BCUT2D eigenvalue weighted by Crippen LogP contribution is 2.16. The first-order chi connectivity index (χ1) is 9.11. The van der Waals surface area contributed by atoms with Crippen molar-refractivity contribution in [3.8, 4) is 0 Å². The van der Waals surface area contributed by atoms with Gasteiger partial charge in [0.25, 0.3) is 5.56 Å². The molecular formula is C14H17N3O2. The van der Waals surface area contributed by atoms with Gasteiger partial charge in [-0.25, -0.2) is 9.36 Å². The van der Waals surface area contributed by atoms with Crippen LogP contribution >= 0.6 is 0 Å². The summed E-state index contributed by atoms with van der Waals surface area (Å²) in [4.78, 5) is 25.0. The number of rotatable bonds is 1. The minimum absolute atomic E-state index is 0.170. The third-order valence-corrected chi connectivity index (χ3v) is 3.86. The summed E-state index contributed by atoms with van der Waals surface area (Å²) in [5.74, 6) is 0. The molecule has 0 saturated carbocycles. The zero-order valence-electron chi connectivity index (χ0n) is 11.1. The van der Waals surface area contributed by atoms with Gasteiger partial charge in [0.2, 0.25) is 0 Å². The van der Waals surface area contributed by atoms with Gasteiger partial charge in [0.05, 0.1) is 17.1 Å². The third-order valence-electron chi connectivity index (χ3n) is 3.86. The number of hydrogen-bond acceptors (Lipinski definition) is 3. The summed E-state index contributed by atoms with van der Waals surface area (Å²) in [6.45, 7) is 2.77. The number of para-hydroxylation sites is 1. The fraction of sp³-hybridized carbons (Fsp3) is 0.429. The van der Waals surface area contributed by atoms with Crippen molar-refractivity contribution in [1.82, 2.24) is 14.5 Å². The van der Waals surface area contributed by atoms with E-state index in [9.17, 15) is 9.59 Å². The lowest BCUT2D eigenvalue weighted by Crippen LogP contribution is -2.44. The number of nitrogens with zero attached hydrogens (tertiary/aromatic N) is 2. The zero-order chi connectivity index (χ0) is 13.6. The zero-order valence-corrected chi connectivity index (χ0v) is 11.1. The molecule has 2 aromatic rings. The minimum atomic E-state index is -0.244. The van der Waals surface area contributed by atoms with Gasteiger partial charge in [-0.2, -0.15) is 0 Å². The van der Waals surface area contributed by atoms with E-state index in [1.54, 1.807) is 17.7 Å². The lowest BCUT2D eigenvalue weighted by Gasteiger charge is -2.17. The van der Waals surface area contributed by atoms with E-state index in [1.807, 2.05) is 19.1 Å². The number of nitrogens with one attached hydrogen (secondary N) is 1. The summed E-state index contributed by atoms with van der Waals surface area (Å²) in [6.07, 6.45) is 1.65. The lowest BCUT2D eigenvalue weighted by molar-refractivity contribution is 0.430. The molecule has 1 N–H and O–H groups in total. The Morgan fingerprint density at radius 1 is 1.32 bits per heavy atom. The molecule has 3 rings (SSSR count). The van der Waals surface area contributed by atoms with Gasteiger partial charge in [-0.15, -0.1) is 0 Å². The monoisotopic (exact) mass is 259 g/mol. The summed E-state index contributed by atoms with van der Waals surface area (Å²) in [5, 5.41) is 3.82. The summed E-state index contributed by atoms with van der Waals surface area (Å²) < 4.78 is 2.93. The second kappa shape index (κ2) is 4.35. The van der Waals surface area contributed by atoms with E-state index >= 15 is 0 Å². The number of fused-ring (bicyclic) bond motifs is 1. The van der Waals surface area contributed by atoms with Crippen LogP contribution in [0.3, 0.4) is 0 Å². The second-order valence-electron chi connectivity index (χ2n) is 5.10. The topological polar surface area (TPSA) is 56.0 Å². The van der Waals surface area contributed by atoms with Gasteiger partial charge in [0, 0.05) is 7.05 Å². The highest BCUT2D eigenvalue weighted by molar-refractivity contribution is 5.81. The Morgan fingerprint density at radius 3 is 2.79 bits per heavy atom. The lowest BCUT2D eigenvalue weighted by atomic mass is 10.1. The van der Waals surface area contributed by atoms with Gasteiger partial charge in [-0.3, -0.25) is 14.7 Å². The van der Waals surface area contributed by atoms with E-state index in [4.69, 9.17) is 0 Å². The van der Waals surface area contributed by atoms with Gasteiger partial charge in [-0.1, -0.05) is 12.1 Å². The second-order valence-corrected chi connectivity index (χ2v) is 5.10. The molecule has 2 heterocycles. The molecular weight excluding hydrogens is 242 g/mol. The first-order valence-corrected chi connectivity index (χ1v) is 6.55. The van der Waals surface area contributed by atoms with Crippen LogP contribution in [0, 0.1) is 6.92 Å². The molecule has 1 atom stereocenters.